The van der Waals surface area contributed by atoms with Crippen molar-refractivity contribution in [2.45, 2.75) is 85.5 Å². The van der Waals surface area contributed by atoms with Gasteiger partial charge in [0, 0.05) is 87.6 Å². The zero-order valence-electron chi connectivity index (χ0n) is 48.2. The molecule has 2 aliphatic heterocycles. The number of unbranched alkanes of at least 4 members (excludes halogenated alkanes) is 6. The van der Waals surface area contributed by atoms with E-state index < -0.39 is 37.0 Å². The first-order valence-electron chi connectivity index (χ1n) is 27.3. The number of nitrogens with zero attached hydrogens (tertiary/aromatic N) is 8. The summed E-state index contributed by atoms with van der Waals surface area (Å²) in [5.41, 5.74) is 9.57. The number of benzene rings is 6. The van der Waals surface area contributed by atoms with Crippen LogP contribution in [0.3, 0.4) is 0 Å². The van der Waals surface area contributed by atoms with Gasteiger partial charge in [-0.25, -0.2) is 40.1 Å². The molecule has 6 aromatic carbocycles. The summed E-state index contributed by atoms with van der Waals surface area (Å²) in [6.07, 6.45) is 16.7. The minimum atomic E-state index is -3.92. The largest absolute Gasteiger partial charge is 2.00 e. The SMILES string of the molecule is C.CCCCCCc1ccc(NS(C)(=O)=O)cc1.CCCCCCc1ccc(NS(C)(=O)=O)cc1.CS(=O)(=O)[O-].CSOOC[O-].[Cu+2].c1ccc2c(c1)-c1nc-2nc2[n-]c(nc3nc(nc4[n-]c(n1)c1ccccc41)-c1ccccc1-3)c1ccccc21. The average Bonchev–Trinajstić information content (AvgIpc) is 1.66. The van der Waals surface area contributed by atoms with Crippen molar-refractivity contribution in [1.82, 2.24) is 39.9 Å². The van der Waals surface area contributed by atoms with Crippen molar-refractivity contribution in [3.05, 3.63) is 157 Å². The van der Waals surface area contributed by atoms with E-state index in [1.165, 1.54) is 62.5 Å². The van der Waals surface area contributed by atoms with Crippen molar-refractivity contribution in [3.8, 4) is 45.6 Å². The molecule has 0 atom stereocenters. The minimum absolute atomic E-state index is 0. The van der Waals surface area contributed by atoms with Gasteiger partial charge in [-0.2, -0.15) is 4.33 Å². The summed E-state index contributed by atoms with van der Waals surface area (Å²) < 4.78 is 80.3. The van der Waals surface area contributed by atoms with Crippen molar-refractivity contribution in [2.24, 2.45) is 0 Å². The number of hydrogen-bond acceptors (Lipinski definition) is 17. The maximum atomic E-state index is 11.0. The molecular formula is C62H70CuN10O10S4-2. The zero-order valence-corrected chi connectivity index (χ0v) is 52.4. The monoisotopic (exact) mass is 1310 g/mol. The first kappa shape index (κ1) is 70.6. The zero-order chi connectivity index (χ0) is 61.0. The van der Waals surface area contributed by atoms with Crippen LogP contribution < -0.4 is 24.5 Å². The first-order valence-corrected chi connectivity index (χ1v) is 34.0. The van der Waals surface area contributed by atoms with Gasteiger partial charge < -0.3 is 39.6 Å². The van der Waals surface area contributed by atoms with E-state index >= 15 is 0 Å². The van der Waals surface area contributed by atoms with E-state index in [9.17, 15) is 21.9 Å². The van der Waals surface area contributed by atoms with E-state index in [0.717, 1.165) is 81.2 Å². The molecule has 0 aliphatic carbocycles. The molecule has 0 saturated carbocycles. The summed E-state index contributed by atoms with van der Waals surface area (Å²) in [7, 11) is -10.2. The summed E-state index contributed by atoms with van der Waals surface area (Å²) >= 11 is 1.00. The summed E-state index contributed by atoms with van der Waals surface area (Å²) in [6.45, 7) is 3.76. The van der Waals surface area contributed by atoms with Crippen LogP contribution in [0.25, 0.3) is 89.7 Å². The third kappa shape index (κ3) is 21.9. The Hall–Kier alpha value is -7.16. The molecule has 87 heavy (non-hydrogen) atoms. The van der Waals surface area contributed by atoms with Crippen LogP contribution in [0.2, 0.25) is 0 Å². The molecule has 0 spiro atoms. The Bertz CT molecular complexity index is 3800. The molecule has 25 heteroatoms. The Kier molecular flexibility index (Phi) is 27.4. The Morgan fingerprint density at radius 2 is 0.747 bits per heavy atom. The van der Waals surface area contributed by atoms with Gasteiger partial charge in [0.15, 0.2) is 0 Å². The minimum Gasteiger partial charge on any atom is -0.831 e. The predicted octanol–water partition coefficient (Wildman–Crippen LogP) is 11.8. The van der Waals surface area contributed by atoms with Crippen molar-refractivity contribution in [3.63, 3.8) is 0 Å². The quantitative estimate of drug-likeness (QED) is 0.0163. The van der Waals surface area contributed by atoms with Gasteiger partial charge in [0.2, 0.25) is 20.0 Å². The van der Waals surface area contributed by atoms with E-state index in [1.807, 2.05) is 146 Å². The topological polar surface area (TPSA) is 297 Å². The van der Waals surface area contributed by atoms with Crippen LogP contribution in [-0.2, 0) is 69.3 Å². The second-order valence-electron chi connectivity index (χ2n) is 19.6. The van der Waals surface area contributed by atoms with Crippen molar-refractivity contribution >= 4 is 97.7 Å². The number of nitrogens with one attached hydrogen (secondary N) is 2. The van der Waals surface area contributed by atoms with Gasteiger partial charge >= 0.3 is 17.1 Å². The van der Waals surface area contributed by atoms with Crippen molar-refractivity contribution < 1.29 is 61.2 Å². The van der Waals surface area contributed by atoms with Gasteiger partial charge in [0.1, 0.15) is 0 Å². The van der Waals surface area contributed by atoms with Crippen LogP contribution in [-0.4, -0.2) is 91.5 Å². The first-order chi connectivity index (χ1) is 40.7. The second kappa shape index (κ2) is 33.8. The van der Waals surface area contributed by atoms with Gasteiger partial charge in [0.05, 0.1) is 45.9 Å². The van der Waals surface area contributed by atoms with Gasteiger partial charge in [0.25, 0.3) is 0 Å². The smallest absolute Gasteiger partial charge is 0.831 e. The average molecular weight is 1310 g/mol. The second-order valence-corrected chi connectivity index (χ2v) is 25.0. The number of fused-ring (bicyclic) bond motifs is 20. The number of anilines is 2. The molecule has 11 rings (SSSR count). The van der Waals surface area contributed by atoms with Crippen LogP contribution >= 0.6 is 12.0 Å². The molecule has 3 aromatic heterocycles. The third-order valence-corrected chi connectivity index (χ3v) is 14.1. The van der Waals surface area contributed by atoms with Gasteiger partial charge in [-0.3, -0.25) is 9.44 Å². The molecular weight excluding hydrogens is 1240 g/mol. The van der Waals surface area contributed by atoms with E-state index in [0.29, 0.717) is 63.5 Å². The Morgan fingerprint density at radius 1 is 0.460 bits per heavy atom. The standard InChI is InChI=1S/C32H16N8.2C13H21NO2S.C2H5O3S.CH4O3S.CH4.Cu/c1-2-10-18-17(9-1)25-33-26(18)38-28-21-13-5-6-14-22(21)30(35-28)40-32-24-16-8-7-15-23(24)31(36-32)39-29-20-12-4-3-11-19(20)27(34-29)37-25;2*1-3-4-5-6-7-12-8-10-13(11-9-12)14-17(2,15)16;1-6-5-4-2-3;1-5(2,3)4;;/h1-16H;2*8-11,14H,3-7H2,1-2H3;2H2,1H3;1H3,(H,2,3,4);1H4;/q-2;;;-1;;;+2/p-1. The molecule has 465 valence electrons. The molecule has 8 bridgehead atoms. The molecule has 5 heterocycles. The molecule has 0 saturated heterocycles. The maximum absolute atomic E-state index is 11.0. The number of aryl methyl sites for hydroxylation is 2. The van der Waals surface area contributed by atoms with Crippen molar-refractivity contribution in [2.75, 3.05) is 41.3 Å². The maximum Gasteiger partial charge on any atom is 2.00 e. The normalized spacial score (nSPS) is 11.3. The molecule has 20 nitrogen and oxygen atoms in total. The van der Waals surface area contributed by atoms with Crippen LogP contribution in [0.5, 0.6) is 0 Å². The molecule has 0 amide bonds. The van der Waals surface area contributed by atoms with Crippen LogP contribution in [0.4, 0.5) is 11.4 Å². The Balaban J connectivity index is 0.000000245. The van der Waals surface area contributed by atoms with E-state index in [-0.39, 0.29) is 24.5 Å². The molecule has 9 aromatic rings. The van der Waals surface area contributed by atoms with Crippen LogP contribution in [0.1, 0.15) is 83.8 Å². The predicted molar refractivity (Wildman–Crippen MR) is 342 cm³/mol. The number of sulfonamides is 2. The van der Waals surface area contributed by atoms with E-state index in [1.54, 1.807) is 6.26 Å². The number of hydrogen-bond donors (Lipinski definition) is 2. The fourth-order valence-corrected chi connectivity index (χ4v) is 10.2. The fourth-order valence-electron chi connectivity index (χ4n) is 8.95. The third-order valence-electron chi connectivity index (χ3n) is 12.6. The Labute approximate surface area is 524 Å². The Morgan fingerprint density at radius 3 is 0.989 bits per heavy atom. The number of aromatic nitrogens is 8. The van der Waals surface area contributed by atoms with Crippen LogP contribution in [0.15, 0.2) is 146 Å². The van der Waals surface area contributed by atoms with E-state index in [2.05, 4.69) is 32.5 Å². The molecule has 0 fully saturated rings. The molecule has 2 aliphatic rings. The summed E-state index contributed by atoms with van der Waals surface area (Å²) in [4.78, 5) is 43.2. The van der Waals surface area contributed by atoms with Crippen molar-refractivity contribution in [1.29, 1.82) is 0 Å². The van der Waals surface area contributed by atoms with Gasteiger partial charge in [-0.1, -0.05) is 181 Å². The molecule has 2 N–H and O–H groups in total. The fraction of sp³-hybridized carbons (Fsp3) is 0.290. The summed E-state index contributed by atoms with van der Waals surface area (Å²) in [6, 6.07) is 47.0. The molecule has 0 unspecified atom stereocenters. The summed E-state index contributed by atoms with van der Waals surface area (Å²) in [5.74, 6) is 2.21. The summed E-state index contributed by atoms with van der Waals surface area (Å²) in [5, 5.41) is 12.9. The van der Waals surface area contributed by atoms with E-state index in [4.69, 9.17) is 52.8 Å². The van der Waals surface area contributed by atoms with Gasteiger partial charge in [-0.05, 0) is 82.6 Å². The van der Waals surface area contributed by atoms with Gasteiger partial charge in [-0.15, -0.1) is 0 Å². The van der Waals surface area contributed by atoms with Crippen LogP contribution in [0, 0.1) is 0 Å². The number of rotatable bonds is 17. The molecule has 1 radical (unpaired) electrons.